The van der Waals surface area contributed by atoms with Crippen molar-refractivity contribution in [3.8, 4) is 0 Å². The summed E-state index contributed by atoms with van der Waals surface area (Å²) in [5.74, 6) is -0.213. The number of primary amides is 1. The van der Waals surface area contributed by atoms with E-state index in [2.05, 4.69) is 5.32 Å². The molecule has 0 heterocycles. The summed E-state index contributed by atoms with van der Waals surface area (Å²) in [5.41, 5.74) is 5.28. The minimum Gasteiger partial charge on any atom is -0.369 e. The van der Waals surface area contributed by atoms with E-state index in [0.29, 0.717) is 18.6 Å². The van der Waals surface area contributed by atoms with Crippen molar-refractivity contribution in [3.63, 3.8) is 0 Å². The van der Waals surface area contributed by atoms with E-state index in [4.69, 9.17) is 5.73 Å². The monoisotopic (exact) mass is 228 g/mol. The summed E-state index contributed by atoms with van der Waals surface area (Å²) in [6.07, 6.45) is 7.09. The van der Waals surface area contributed by atoms with Gasteiger partial charge in [0.2, 0.25) is 11.8 Å². The summed E-state index contributed by atoms with van der Waals surface area (Å²) in [6.45, 7) is 0. The second-order valence-electron chi connectivity index (χ2n) is 3.56. The highest BCUT2D eigenvalue weighted by atomic mass is 32.2. The van der Waals surface area contributed by atoms with Crippen molar-refractivity contribution in [2.24, 2.45) is 11.7 Å². The van der Waals surface area contributed by atoms with Crippen LogP contribution in [-0.2, 0) is 9.59 Å². The number of hydrogen-bond acceptors (Lipinski definition) is 3. The highest BCUT2D eigenvalue weighted by molar-refractivity contribution is 7.99. The third-order valence-electron chi connectivity index (χ3n) is 2.42. The third kappa shape index (κ3) is 3.58. The van der Waals surface area contributed by atoms with Crippen molar-refractivity contribution in [2.75, 3.05) is 12.0 Å². The minimum absolute atomic E-state index is 0.0333. The second kappa shape index (κ2) is 5.80. The van der Waals surface area contributed by atoms with Gasteiger partial charge in [-0.05, 0) is 19.1 Å². The summed E-state index contributed by atoms with van der Waals surface area (Å²) in [5, 5.41) is 2.84. The predicted molar refractivity (Wildman–Crippen MR) is 61.4 cm³/mol. The van der Waals surface area contributed by atoms with E-state index >= 15 is 0 Å². The van der Waals surface area contributed by atoms with Crippen molar-refractivity contribution >= 4 is 23.6 Å². The number of amides is 2. The molecule has 0 aliphatic heterocycles. The number of allylic oxidation sites excluding steroid dienone is 1. The van der Waals surface area contributed by atoms with Gasteiger partial charge < -0.3 is 11.1 Å². The molecule has 0 aromatic rings. The van der Waals surface area contributed by atoms with Gasteiger partial charge in [0.25, 0.3) is 0 Å². The van der Waals surface area contributed by atoms with Gasteiger partial charge in [-0.15, -0.1) is 0 Å². The first-order chi connectivity index (χ1) is 7.15. The zero-order valence-corrected chi connectivity index (χ0v) is 9.55. The highest BCUT2D eigenvalue weighted by Gasteiger charge is 2.27. The number of carbonyl (C=O) groups is 2. The lowest BCUT2D eigenvalue weighted by Gasteiger charge is -2.26. The number of thioether (sulfide) groups is 1. The lowest BCUT2D eigenvalue weighted by Crippen LogP contribution is -2.46. The predicted octanol–water partition coefficient (Wildman–Crippen LogP) is 0.286. The first-order valence-corrected chi connectivity index (χ1v) is 6.27. The van der Waals surface area contributed by atoms with Crippen LogP contribution in [-0.4, -0.2) is 29.9 Å². The van der Waals surface area contributed by atoms with Crippen molar-refractivity contribution < 1.29 is 9.59 Å². The van der Waals surface area contributed by atoms with E-state index in [1.807, 2.05) is 18.4 Å². The molecule has 4 nitrogen and oxygen atoms in total. The molecule has 5 heteroatoms. The van der Waals surface area contributed by atoms with E-state index in [9.17, 15) is 9.59 Å². The number of hydrogen-bond donors (Lipinski definition) is 2. The Bertz CT molecular complexity index is 279. The van der Waals surface area contributed by atoms with Crippen LogP contribution in [0.5, 0.6) is 0 Å². The van der Waals surface area contributed by atoms with Gasteiger partial charge in [-0.3, -0.25) is 9.59 Å². The minimum atomic E-state index is -0.339. The summed E-state index contributed by atoms with van der Waals surface area (Å²) in [4.78, 5) is 22.5. The molecule has 3 N–H and O–H groups in total. The Morgan fingerprint density at radius 2 is 2.13 bits per heavy atom. The fourth-order valence-electron chi connectivity index (χ4n) is 1.67. The summed E-state index contributed by atoms with van der Waals surface area (Å²) in [6, 6.07) is -0.132. The molecule has 0 saturated heterocycles. The van der Waals surface area contributed by atoms with E-state index in [1.165, 1.54) is 11.8 Å². The first-order valence-electron chi connectivity index (χ1n) is 4.87. The SMILES string of the molecule is CSCC(=O)N[C@@H]1CC=CC[C@H]1C(N)=O. The fraction of sp³-hybridized carbons (Fsp3) is 0.600. The normalized spacial score (nSPS) is 24.9. The van der Waals surface area contributed by atoms with Crippen LogP contribution in [0.3, 0.4) is 0 Å². The van der Waals surface area contributed by atoms with Crippen LogP contribution in [0.1, 0.15) is 12.8 Å². The Hall–Kier alpha value is -0.970. The maximum absolute atomic E-state index is 11.4. The van der Waals surface area contributed by atoms with Crippen LogP contribution in [0, 0.1) is 5.92 Å². The van der Waals surface area contributed by atoms with Crippen molar-refractivity contribution in [3.05, 3.63) is 12.2 Å². The van der Waals surface area contributed by atoms with Gasteiger partial charge >= 0.3 is 0 Å². The molecule has 0 fully saturated rings. The lowest BCUT2D eigenvalue weighted by molar-refractivity contribution is -0.124. The van der Waals surface area contributed by atoms with Crippen LogP contribution in [0.25, 0.3) is 0 Å². The summed E-state index contributed by atoms with van der Waals surface area (Å²) >= 11 is 1.46. The van der Waals surface area contributed by atoms with E-state index < -0.39 is 0 Å². The Labute approximate surface area is 93.7 Å². The number of carbonyl (C=O) groups excluding carboxylic acids is 2. The molecular weight excluding hydrogens is 212 g/mol. The molecule has 1 aliphatic rings. The lowest BCUT2D eigenvalue weighted by atomic mass is 9.88. The first kappa shape index (κ1) is 12.1. The van der Waals surface area contributed by atoms with Gasteiger partial charge in [0.05, 0.1) is 11.7 Å². The summed E-state index contributed by atoms with van der Waals surface area (Å²) < 4.78 is 0. The second-order valence-corrected chi connectivity index (χ2v) is 4.42. The van der Waals surface area contributed by atoms with Gasteiger partial charge in [-0.1, -0.05) is 12.2 Å². The van der Waals surface area contributed by atoms with Crippen molar-refractivity contribution in [2.45, 2.75) is 18.9 Å². The third-order valence-corrected chi connectivity index (χ3v) is 2.97. The van der Waals surface area contributed by atoms with Crippen LogP contribution in [0.2, 0.25) is 0 Å². The molecule has 1 rings (SSSR count). The molecule has 0 bridgehead atoms. The Morgan fingerprint density at radius 3 is 2.73 bits per heavy atom. The molecule has 0 aromatic carbocycles. The standard InChI is InChI=1S/C10H16N2O2S/c1-15-6-9(13)12-8-5-3-2-4-7(8)10(11)14/h2-3,7-8H,4-6H2,1H3,(H2,11,14)(H,12,13)/t7-,8-/m1/s1. The molecule has 0 unspecified atom stereocenters. The molecule has 0 saturated carbocycles. The highest BCUT2D eigenvalue weighted by Crippen LogP contribution is 2.18. The average molecular weight is 228 g/mol. The Morgan fingerprint density at radius 1 is 1.47 bits per heavy atom. The van der Waals surface area contributed by atoms with E-state index in [-0.39, 0.29) is 23.8 Å². The number of rotatable bonds is 4. The van der Waals surface area contributed by atoms with Crippen LogP contribution < -0.4 is 11.1 Å². The molecule has 84 valence electrons. The molecule has 0 spiro atoms. The largest absolute Gasteiger partial charge is 0.369 e. The van der Waals surface area contributed by atoms with Crippen molar-refractivity contribution in [1.82, 2.24) is 5.32 Å². The molecule has 0 aromatic heterocycles. The topological polar surface area (TPSA) is 72.2 Å². The quantitative estimate of drug-likeness (QED) is 0.679. The molecule has 0 radical (unpaired) electrons. The summed E-state index contributed by atoms with van der Waals surface area (Å²) in [7, 11) is 0. The van der Waals surface area contributed by atoms with Gasteiger partial charge in [0.15, 0.2) is 0 Å². The molecule has 15 heavy (non-hydrogen) atoms. The van der Waals surface area contributed by atoms with E-state index in [0.717, 1.165) is 0 Å². The van der Waals surface area contributed by atoms with Gasteiger partial charge in [0.1, 0.15) is 0 Å². The number of nitrogens with one attached hydrogen (secondary N) is 1. The van der Waals surface area contributed by atoms with Gasteiger partial charge in [0, 0.05) is 6.04 Å². The maximum atomic E-state index is 11.4. The fourth-order valence-corrected chi connectivity index (χ4v) is 2.01. The Kier molecular flexibility index (Phi) is 4.68. The molecule has 2 amide bonds. The molecule has 2 atom stereocenters. The molecular formula is C10H16N2O2S. The smallest absolute Gasteiger partial charge is 0.230 e. The number of nitrogens with two attached hydrogens (primary N) is 1. The van der Waals surface area contributed by atoms with Crippen LogP contribution >= 0.6 is 11.8 Å². The molecule has 1 aliphatic carbocycles. The zero-order chi connectivity index (χ0) is 11.3. The average Bonchev–Trinajstić information content (AvgIpc) is 2.18. The van der Waals surface area contributed by atoms with E-state index in [1.54, 1.807) is 0 Å². The van der Waals surface area contributed by atoms with Gasteiger partial charge in [-0.25, -0.2) is 0 Å². The van der Waals surface area contributed by atoms with Gasteiger partial charge in [-0.2, -0.15) is 11.8 Å². The van der Waals surface area contributed by atoms with Crippen molar-refractivity contribution in [1.29, 1.82) is 0 Å². The Balaban J connectivity index is 2.54. The maximum Gasteiger partial charge on any atom is 0.230 e. The van der Waals surface area contributed by atoms with Crippen LogP contribution in [0.15, 0.2) is 12.2 Å². The van der Waals surface area contributed by atoms with Crippen LogP contribution in [0.4, 0.5) is 0 Å². The zero-order valence-electron chi connectivity index (χ0n) is 8.73.